The molecule has 0 atom stereocenters. The molecular weight excluding hydrogens is 308 g/mol. The Morgan fingerprint density at radius 1 is 0.960 bits per heavy atom. The fraction of sp³-hybridized carbons (Fsp3) is 0.409. The number of amides is 1. The SMILES string of the molecule is Cc1cccc(CNCC(=O)Nc2c(C(C)C)cccc2C(C)C)c1. The molecule has 2 N–H and O–H groups in total. The summed E-state index contributed by atoms with van der Waals surface area (Å²) in [5.41, 5.74) is 5.79. The Balaban J connectivity index is 2.02. The van der Waals surface area contributed by atoms with Crippen molar-refractivity contribution < 1.29 is 4.79 Å². The first-order valence-corrected chi connectivity index (χ1v) is 9.07. The smallest absolute Gasteiger partial charge is 0.238 e. The fourth-order valence-corrected chi connectivity index (χ4v) is 3.02. The zero-order valence-electron chi connectivity index (χ0n) is 16.0. The third-order valence-electron chi connectivity index (χ3n) is 4.33. The summed E-state index contributed by atoms with van der Waals surface area (Å²) < 4.78 is 0. The summed E-state index contributed by atoms with van der Waals surface area (Å²) in [5.74, 6) is 0.742. The maximum Gasteiger partial charge on any atom is 0.238 e. The summed E-state index contributed by atoms with van der Waals surface area (Å²) in [5, 5.41) is 6.37. The molecule has 0 spiro atoms. The van der Waals surface area contributed by atoms with Gasteiger partial charge in [-0.3, -0.25) is 4.79 Å². The van der Waals surface area contributed by atoms with Gasteiger partial charge in [-0.15, -0.1) is 0 Å². The van der Waals surface area contributed by atoms with E-state index in [2.05, 4.69) is 81.7 Å². The fourth-order valence-electron chi connectivity index (χ4n) is 3.02. The first-order chi connectivity index (χ1) is 11.9. The first kappa shape index (κ1) is 19.2. The van der Waals surface area contributed by atoms with Gasteiger partial charge in [-0.2, -0.15) is 0 Å². The van der Waals surface area contributed by atoms with Crippen LogP contribution < -0.4 is 10.6 Å². The topological polar surface area (TPSA) is 41.1 Å². The maximum absolute atomic E-state index is 12.4. The highest BCUT2D eigenvalue weighted by atomic mass is 16.1. The van der Waals surface area contributed by atoms with Crippen molar-refractivity contribution in [1.29, 1.82) is 0 Å². The van der Waals surface area contributed by atoms with Gasteiger partial charge in [0.05, 0.1) is 6.54 Å². The van der Waals surface area contributed by atoms with Gasteiger partial charge in [-0.1, -0.05) is 75.7 Å². The zero-order valence-corrected chi connectivity index (χ0v) is 16.0. The Kier molecular flexibility index (Phi) is 6.77. The number of rotatable bonds is 7. The van der Waals surface area contributed by atoms with Crippen LogP contribution in [0, 0.1) is 6.92 Å². The van der Waals surface area contributed by atoms with Gasteiger partial charge in [-0.25, -0.2) is 0 Å². The number of para-hydroxylation sites is 1. The standard InChI is InChI=1S/C22H30N2O/c1-15(2)19-10-7-11-20(16(3)4)22(19)24-21(25)14-23-13-18-9-6-8-17(5)12-18/h6-12,15-16,23H,13-14H2,1-5H3,(H,24,25). The quantitative estimate of drug-likeness (QED) is 0.748. The molecule has 0 fully saturated rings. The normalized spacial score (nSPS) is 11.2. The van der Waals surface area contributed by atoms with E-state index in [9.17, 15) is 4.79 Å². The number of carbonyl (C=O) groups excluding carboxylic acids is 1. The molecule has 0 radical (unpaired) electrons. The van der Waals surface area contributed by atoms with Crippen LogP contribution in [-0.4, -0.2) is 12.5 Å². The van der Waals surface area contributed by atoms with Crippen LogP contribution in [-0.2, 0) is 11.3 Å². The summed E-state index contributed by atoms with van der Waals surface area (Å²) in [7, 11) is 0. The number of hydrogen-bond acceptors (Lipinski definition) is 2. The molecule has 0 saturated heterocycles. The van der Waals surface area contributed by atoms with E-state index in [0.29, 0.717) is 24.9 Å². The lowest BCUT2D eigenvalue weighted by Crippen LogP contribution is -2.28. The van der Waals surface area contributed by atoms with Crippen molar-refractivity contribution in [2.75, 3.05) is 11.9 Å². The van der Waals surface area contributed by atoms with Crippen LogP contribution in [0.1, 0.15) is 61.8 Å². The van der Waals surface area contributed by atoms with Crippen LogP contribution in [0.3, 0.4) is 0 Å². The zero-order chi connectivity index (χ0) is 18.4. The number of hydrogen-bond donors (Lipinski definition) is 2. The van der Waals surface area contributed by atoms with Crippen molar-refractivity contribution >= 4 is 11.6 Å². The number of nitrogens with one attached hydrogen (secondary N) is 2. The highest BCUT2D eigenvalue weighted by molar-refractivity contribution is 5.94. The molecule has 0 saturated carbocycles. The Morgan fingerprint density at radius 3 is 2.12 bits per heavy atom. The van der Waals surface area contributed by atoms with E-state index in [-0.39, 0.29) is 5.91 Å². The summed E-state index contributed by atoms with van der Waals surface area (Å²) in [6, 6.07) is 14.6. The van der Waals surface area contributed by atoms with Gasteiger partial charge in [0.2, 0.25) is 5.91 Å². The molecule has 0 unspecified atom stereocenters. The minimum Gasteiger partial charge on any atom is -0.324 e. The lowest BCUT2D eigenvalue weighted by Gasteiger charge is -2.20. The molecule has 2 aromatic rings. The highest BCUT2D eigenvalue weighted by Crippen LogP contribution is 2.32. The van der Waals surface area contributed by atoms with Crippen LogP contribution in [0.4, 0.5) is 5.69 Å². The Morgan fingerprint density at radius 2 is 1.56 bits per heavy atom. The van der Waals surface area contributed by atoms with E-state index < -0.39 is 0 Å². The molecule has 0 heterocycles. The minimum absolute atomic E-state index is 0.00246. The van der Waals surface area contributed by atoms with Gasteiger partial charge >= 0.3 is 0 Å². The van der Waals surface area contributed by atoms with Crippen LogP contribution in [0.25, 0.3) is 0 Å². The lowest BCUT2D eigenvalue weighted by molar-refractivity contribution is -0.115. The number of carbonyl (C=O) groups is 1. The van der Waals surface area contributed by atoms with Crippen LogP contribution >= 0.6 is 0 Å². The van der Waals surface area contributed by atoms with Gasteiger partial charge in [0.1, 0.15) is 0 Å². The number of benzene rings is 2. The number of anilines is 1. The second kappa shape index (κ2) is 8.82. The molecule has 0 aliphatic carbocycles. The van der Waals surface area contributed by atoms with Gasteiger partial charge in [0, 0.05) is 12.2 Å². The van der Waals surface area contributed by atoms with Crippen molar-refractivity contribution in [3.63, 3.8) is 0 Å². The molecule has 0 aromatic heterocycles. The molecule has 2 aromatic carbocycles. The van der Waals surface area contributed by atoms with Crippen LogP contribution in [0.2, 0.25) is 0 Å². The Bertz CT molecular complexity index is 693. The van der Waals surface area contributed by atoms with E-state index in [0.717, 1.165) is 5.69 Å². The largest absolute Gasteiger partial charge is 0.324 e. The average molecular weight is 338 g/mol. The molecule has 2 rings (SSSR count). The van der Waals surface area contributed by atoms with E-state index >= 15 is 0 Å². The van der Waals surface area contributed by atoms with Crippen LogP contribution in [0.15, 0.2) is 42.5 Å². The van der Waals surface area contributed by atoms with Crippen molar-refractivity contribution in [1.82, 2.24) is 5.32 Å². The molecule has 3 heteroatoms. The molecule has 3 nitrogen and oxygen atoms in total. The molecule has 25 heavy (non-hydrogen) atoms. The summed E-state index contributed by atoms with van der Waals surface area (Å²) >= 11 is 0. The Hall–Kier alpha value is -2.13. The third kappa shape index (κ3) is 5.43. The monoisotopic (exact) mass is 338 g/mol. The Labute approximate surface area is 151 Å². The number of aryl methyl sites for hydroxylation is 1. The van der Waals surface area contributed by atoms with E-state index in [4.69, 9.17) is 0 Å². The molecular formula is C22H30N2O. The van der Waals surface area contributed by atoms with Crippen molar-refractivity contribution in [2.45, 2.75) is 53.0 Å². The van der Waals surface area contributed by atoms with Crippen molar-refractivity contribution in [2.24, 2.45) is 0 Å². The van der Waals surface area contributed by atoms with Gasteiger partial charge in [-0.05, 0) is 35.4 Å². The molecule has 0 bridgehead atoms. The van der Waals surface area contributed by atoms with Gasteiger partial charge in [0.15, 0.2) is 0 Å². The summed E-state index contributed by atoms with van der Waals surface area (Å²) in [6.07, 6.45) is 0. The van der Waals surface area contributed by atoms with E-state index in [1.807, 2.05) is 6.07 Å². The molecule has 1 amide bonds. The maximum atomic E-state index is 12.4. The summed E-state index contributed by atoms with van der Waals surface area (Å²) in [6.45, 7) is 11.7. The second-order valence-corrected chi connectivity index (χ2v) is 7.26. The van der Waals surface area contributed by atoms with Crippen molar-refractivity contribution in [3.8, 4) is 0 Å². The van der Waals surface area contributed by atoms with Gasteiger partial charge in [0.25, 0.3) is 0 Å². The van der Waals surface area contributed by atoms with Gasteiger partial charge < -0.3 is 10.6 Å². The minimum atomic E-state index is 0.00246. The van der Waals surface area contributed by atoms with Crippen molar-refractivity contribution in [3.05, 3.63) is 64.7 Å². The lowest BCUT2D eigenvalue weighted by atomic mass is 9.92. The predicted molar refractivity (Wildman–Crippen MR) is 106 cm³/mol. The summed E-state index contributed by atoms with van der Waals surface area (Å²) in [4.78, 5) is 12.4. The average Bonchev–Trinajstić information content (AvgIpc) is 2.54. The second-order valence-electron chi connectivity index (χ2n) is 7.26. The van der Waals surface area contributed by atoms with E-state index in [1.54, 1.807) is 0 Å². The molecule has 0 aliphatic heterocycles. The van der Waals surface area contributed by atoms with Crippen LogP contribution in [0.5, 0.6) is 0 Å². The third-order valence-corrected chi connectivity index (χ3v) is 4.33. The first-order valence-electron chi connectivity index (χ1n) is 9.07. The van der Waals surface area contributed by atoms with E-state index in [1.165, 1.54) is 22.3 Å². The highest BCUT2D eigenvalue weighted by Gasteiger charge is 2.15. The predicted octanol–water partition coefficient (Wildman–Crippen LogP) is 4.97. The molecule has 134 valence electrons. The molecule has 0 aliphatic rings.